The Bertz CT molecular complexity index is 486. The molecule has 0 aliphatic carbocycles. The van der Waals surface area contributed by atoms with Crippen molar-refractivity contribution in [2.24, 2.45) is 0 Å². The standard InChI is InChI=1S/C13H18N2O4/c1-4-5-19-8-13(16)14-11-6-10(3)12(15(17)18)7-9(11)2/h6-7H,4-5,8H2,1-3H3,(H,14,16). The zero-order valence-corrected chi connectivity index (χ0v) is 11.4. The van der Waals surface area contributed by atoms with Gasteiger partial charge in [-0.05, 0) is 31.9 Å². The molecule has 1 aromatic carbocycles. The smallest absolute Gasteiger partial charge is 0.272 e. The van der Waals surface area contributed by atoms with Crippen molar-refractivity contribution in [1.29, 1.82) is 0 Å². The minimum Gasteiger partial charge on any atom is -0.372 e. The first-order valence-corrected chi connectivity index (χ1v) is 6.09. The number of ether oxygens (including phenoxy) is 1. The van der Waals surface area contributed by atoms with E-state index in [4.69, 9.17) is 4.74 Å². The van der Waals surface area contributed by atoms with Crippen molar-refractivity contribution >= 4 is 17.3 Å². The summed E-state index contributed by atoms with van der Waals surface area (Å²) >= 11 is 0. The van der Waals surface area contributed by atoms with Gasteiger partial charge in [0.1, 0.15) is 6.61 Å². The number of nitro groups is 1. The van der Waals surface area contributed by atoms with Gasteiger partial charge in [-0.2, -0.15) is 0 Å². The predicted octanol–water partition coefficient (Wildman–Crippen LogP) is 2.58. The van der Waals surface area contributed by atoms with Crippen LogP contribution in [0.3, 0.4) is 0 Å². The quantitative estimate of drug-likeness (QED) is 0.487. The summed E-state index contributed by atoms with van der Waals surface area (Å²) in [7, 11) is 0. The van der Waals surface area contributed by atoms with Gasteiger partial charge in [0.2, 0.25) is 5.91 Å². The Morgan fingerprint density at radius 2 is 2.05 bits per heavy atom. The summed E-state index contributed by atoms with van der Waals surface area (Å²) in [6.07, 6.45) is 0.850. The molecular weight excluding hydrogens is 248 g/mol. The molecule has 1 rings (SSSR count). The SMILES string of the molecule is CCCOCC(=O)Nc1cc(C)c([N+](=O)[O-])cc1C. The van der Waals surface area contributed by atoms with Crippen molar-refractivity contribution in [1.82, 2.24) is 0 Å². The van der Waals surface area contributed by atoms with E-state index in [2.05, 4.69) is 5.32 Å². The van der Waals surface area contributed by atoms with Gasteiger partial charge in [0.05, 0.1) is 4.92 Å². The highest BCUT2D eigenvalue weighted by atomic mass is 16.6. The normalized spacial score (nSPS) is 10.3. The van der Waals surface area contributed by atoms with Crippen LogP contribution in [0.2, 0.25) is 0 Å². The van der Waals surface area contributed by atoms with E-state index in [0.29, 0.717) is 23.4 Å². The summed E-state index contributed by atoms with van der Waals surface area (Å²) in [6, 6.07) is 3.06. The number of amides is 1. The lowest BCUT2D eigenvalue weighted by Crippen LogP contribution is -2.19. The third-order valence-electron chi connectivity index (χ3n) is 2.60. The molecule has 1 N–H and O–H groups in total. The minimum atomic E-state index is -0.432. The molecule has 0 bridgehead atoms. The van der Waals surface area contributed by atoms with Crippen LogP contribution in [0, 0.1) is 24.0 Å². The maximum atomic E-state index is 11.6. The van der Waals surface area contributed by atoms with Crippen LogP contribution >= 0.6 is 0 Å². The number of hydrogen-bond acceptors (Lipinski definition) is 4. The second kappa shape index (κ2) is 6.84. The third-order valence-corrected chi connectivity index (χ3v) is 2.60. The van der Waals surface area contributed by atoms with Gasteiger partial charge in [-0.25, -0.2) is 0 Å². The van der Waals surface area contributed by atoms with Gasteiger partial charge in [0, 0.05) is 23.9 Å². The minimum absolute atomic E-state index is 0.0106. The predicted molar refractivity (Wildman–Crippen MR) is 72.3 cm³/mol. The van der Waals surface area contributed by atoms with Crippen LogP contribution in [0.25, 0.3) is 0 Å². The van der Waals surface area contributed by atoms with Crippen molar-refractivity contribution in [3.8, 4) is 0 Å². The summed E-state index contributed by atoms with van der Waals surface area (Å²) in [6.45, 7) is 5.84. The van der Waals surface area contributed by atoms with E-state index >= 15 is 0 Å². The molecule has 0 saturated heterocycles. The summed E-state index contributed by atoms with van der Waals surface area (Å²) in [5, 5.41) is 13.5. The van der Waals surface area contributed by atoms with Crippen LogP contribution in [0.4, 0.5) is 11.4 Å². The summed E-state index contributed by atoms with van der Waals surface area (Å²) in [5.41, 5.74) is 1.80. The zero-order chi connectivity index (χ0) is 14.4. The highest BCUT2D eigenvalue weighted by molar-refractivity contribution is 5.92. The molecule has 19 heavy (non-hydrogen) atoms. The van der Waals surface area contributed by atoms with Crippen LogP contribution in [-0.2, 0) is 9.53 Å². The van der Waals surface area contributed by atoms with Crippen molar-refractivity contribution in [3.05, 3.63) is 33.4 Å². The Morgan fingerprint density at radius 1 is 1.37 bits per heavy atom. The molecule has 6 heteroatoms. The van der Waals surface area contributed by atoms with E-state index in [-0.39, 0.29) is 18.2 Å². The molecule has 0 atom stereocenters. The van der Waals surface area contributed by atoms with E-state index < -0.39 is 4.92 Å². The number of anilines is 1. The van der Waals surface area contributed by atoms with E-state index in [1.165, 1.54) is 6.07 Å². The van der Waals surface area contributed by atoms with Gasteiger partial charge < -0.3 is 10.1 Å². The van der Waals surface area contributed by atoms with E-state index in [1.807, 2.05) is 6.92 Å². The third kappa shape index (κ3) is 4.33. The topological polar surface area (TPSA) is 81.5 Å². The first-order chi connectivity index (χ1) is 8.95. The molecule has 6 nitrogen and oxygen atoms in total. The Labute approximate surface area is 111 Å². The molecule has 104 valence electrons. The number of nitrogens with one attached hydrogen (secondary N) is 1. The largest absolute Gasteiger partial charge is 0.372 e. The molecule has 0 spiro atoms. The van der Waals surface area contributed by atoms with Gasteiger partial charge in [-0.15, -0.1) is 0 Å². The number of nitrogens with zero attached hydrogens (tertiary/aromatic N) is 1. The van der Waals surface area contributed by atoms with Crippen molar-refractivity contribution in [3.63, 3.8) is 0 Å². The van der Waals surface area contributed by atoms with Crippen molar-refractivity contribution in [2.45, 2.75) is 27.2 Å². The van der Waals surface area contributed by atoms with Gasteiger partial charge >= 0.3 is 0 Å². The highest BCUT2D eigenvalue weighted by Gasteiger charge is 2.14. The Hall–Kier alpha value is -1.95. The number of rotatable bonds is 6. The zero-order valence-electron chi connectivity index (χ0n) is 11.4. The lowest BCUT2D eigenvalue weighted by atomic mass is 10.1. The second-order valence-electron chi connectivity index (χ2n) is 4.31. The van der Waals surface area contributed by atoms with Crippen molar-refractivity contribution < 1.29 is 14.5 Å². The van der Waals surface area contributed by atoms with Crippen molar-refractivity contribution in [2.75, 3.05) is 18.5 Å². The lowest BCUT2D eigenvalue weighted by Gasteiger charge is -2.10. The first-order valence-electron chi connectivity index (χ1n) is 6.09. The van der Waals surface area contributed by atoms with Crippen LogP contribution in [0.1, 0.15) is 24.5 Å². The fourth-order valence-corrected chi connectivity index (χ4v) is 1.63. The van der Waals surface area contributed by atoms with Crippen LogP contribution in [0.5, 0.6) is 0 Å². The van der Waals surface area contributed by atoms with Crippen LogP contribution in [0.15, 0.2) is 12.1 Å². The molecular formula is C13H18N2O4. The molecule has 0 heterocycles. The highest BCUT2D eigenvalue weighted by Crippen LogP contribution is 2.25. The second-order valence-corrected chi connectivity index (χ2v) is 4.31. The lowest BCUT2D eigenvalue weighted by molar-refractivity contribution is -0.385. The Balaban J connectivity index is 2.77. The molecule has 0 aliphatic heterocycles. The first kappa shape index (κ1) is 15.1. The summed E-state index contributed by atoms with van der Waals surface area (Å²) in [4.78, 5) is 21.9. The number of carbonyl (C=O) groups excluding carboxylic acids is 1. The molecule has 0 fully saturated rings. The molecule has 0 aliphatic rings. The van der Waals surface area contributed by atoms with Gasteiger partial charge in [0.15, 0.2) is 0 Å². The fraction of sp³-hybridized carbons (Fsp3) is 0.462. The molecule has 1 amide bonds. The van der Waals surface area contributed by atoms with E-state index in [0.717, 1.165) is 6.42 Å². The summed E-state index contributed by atoms with van der Waals surface area (Å²) in [5.74, 6) is -0.259. The molecule has 1 aromatic rings. The molecule has 0 aromatic heterocycles. The molecule has 0 unspecified atom stereocenters. The van der Waals surface area contributed by atoms with Gasteiger partial charge in [-0.1, -0.05) is 6.92 Å². The number of aryl methyl sites for hydroxylation is 2. The number of nitro benzene ring substituents is 1. The average Bonchev–Trinajstić information content (AvgIpc) is 2.33. The number of hydrogen-bond donors (Lipinski definition) is 1. The van der Waals surface area contributed by atoms with Gasteiger partial charge in [-0.3, -0.25) is 14.9 Å². The molecule has 0 saturated carbocycles. The fourth-order valence-electron chi connectivity index (χ4n) is 1.63. The molecule has 0 radical (unpaired) electrons. The maximum absolute atomic E-state index is 11.6. The maximum Gasteiger partial charge on any atom is 0.272 e. The Morgan fingerprint density at radius 3 is 2.63 bits per heavy atom. The van der Waals surface area contributed by atoms with Crippen LogP contribution in [-0.4, -0.2) is 24.0 Å². The monoisotopic (exact) mass is 266 g/mol. The Kier molecular flexibility index (Phi) is 5.44. The van der Waals surface area contributed by atoms with E-state index in [1.54, 1.807) is 19.9 Å². The summed E-state index contributed by atoms with van der Waals surface area (Å²) < 4.78 is 5.13. The van der Waals surface area contributed by atoms with E-state index in [9.17, 15) is 14.9 Å². The number of benzene rings is 1. The van der Waals surface area contributed by atoms with Crippen LogP contribution < -0.4 is 5.32 Å². The van der Waals surface area contributed by atoms with Gasteiger partial charge in [0.25, 0.3) is 5.69 Å². The average molecular weight is 266 g/mol. The number of carbonyl (C=O) groups is 1.